The lowest BCUT2D eigenvalue weighted by Crippen LogP contribution is -2.30. The minimum absolute atomic E-state index is 0.622. The van der Waals surface area contributed by atoms with Gasteiger partial charge in [0.2, 0.25) is 0 Å². The lowest BCUT2D eigenvalue weighted by Gasteiger charge is -2.14. The molecule has 1 aliphatic rings. The summed E-state index contributed by atoms with van der Waals surface area (Å²) in [5.41, 5.74) is 8.25. The summed E-state index contributed by atoms with van der Waals surface area (Å²) in [6.45, 7) is 2.70. The van der Waals surface area contributed by atoms with Crippen LogP contribution in [0.5, 0.6) is 0 Å². The summed E-state index contributed by atoms with van der Waals surface area (Å²) in [6.07, 6.45) is 8.00. The molecule has 0 bridgehead atoms. The second-order valence-corrected chi connectivity index (χ2v) is 5.46. The van der Waals surface area contributed by atoms with Gasteiger partial charge >= 0.3 is 0 Å². The highest BCUT2D eigenvalue weighted by atomic mass is 15.0. The zero-order valence-electron chi connectivity index (χ0n) is 11.9. The van der Waals surface area contributed by atoms with Gasteiger partial charge in [0.05, 0.1) is 6.67 Å². The molecule has 3 heteroatoms. The summed E-state index contributed by atoms with van der Waals surface area (Å²) in [5.74, 6) is 0.629. The molecule has 2 rings (SSSR count). The third kappa shape index (κ3) is 4.67. The van der Waals surface area contributed by atoms with E-state index in [4.69, 9.17) is 5.73 Å². The molecular formula is C16H25N3. The van der Waals surface area contributed by atoms with E-state index in [1.165, 1.54) is 44.1 Å². The van der Waals surface area contributed by atoms with Gasteiger partial charge in [-0.2, -0.15) is 0 Å². The van der Waals surface area contributed by atoms with Crippen LogP contribution in [0.2, 0.25) is 0 Å². The number of nitrogens with zero attached hydrogens (tertiary/aromatic N) is 1. The van der Waals surface area contributed by atoms with Gasteiger partial charge in [-0.3, -0.25) is 10.3 Å². The van der Waals surface area contributed by atoms with E-state index in [2.05, 4.69) is 29.4 Å². The molecule has 19 heavy (non-hydrogen) atoms. The Morgan fingerprint density at radius 3 is 2.68 bits per heavy atom. The molecule has 0 heterocycles. The first-order chi connectivity index (χ1) is 9.25. The Labute approximate surface area is 116 Å². The average molecular weight is 259 g/mol. The predicted molar refractivity (Wildman–Crippen MR) is 81.4 cm³/mol. The number of hydrogen-bond acceptors (Lipinski definition) is 2. The second-order valence-electron chi connectivity index (χ2n) is 5.46. The second kappa shape index (κ2) is 7.29. The lowest BCUT2D eigenvalue weighted by molar-refractivity contribution is 0.468. The third-order valence-corrected chi connectivity index (χ3v) is 3.80. The number of rotatable bonds is 4. The standard InChI is InChI=1S/C16H25N3/c1-13-7-6-8-14(11-13)16(17)19-12-18-15-9-4-2-3-5-10-15/h6-8,11,15,18H,2-5,9-10,12H2,1H3,(H2,17,19). The number of benzene rings is 1. The Hall–Kier alpha value is -1.35. The van der Waals surface area contributed by atoms with E-state index in [1.54, 1.807) is 0 Å². The molecule has 1 fully saturated rings. The molecular weight excluding hydrogens is 234 g/mol. The van der Waals surface area contributed by atoms with Crippen molar-refractivity contribution in [3.05, 3.63) is 35.4 Å². The molecule has 1 aliphatic carbocycles. The molecule has 0 atom stereocenters. The van der Waals surface area contributed by atoms with E-state index in [-0.39, 0.29) is 0 Å². The molecule has 1 saturated carbocycles. The topological polar surface area (TPSA) is 50.4 Å². The number of hydrogen-bond donors (Lipinski definition) is 2. The van der Waals surface area contributed by atoms with Crippen LogP contribution in [0.15, 0.2) is 29.3 Å². The van der Waals surface area contributed by atoms with Crippen molar-refractivity contribution in [1.82, 2.24) is 5.32 Å². The first kappa shape index (κ1) is 14.1. The fraction of sp³-hybridized carbons (Fsp3) is 0.562. The van der Waals surface area contributed by atoms with E-state index in [1.807, 2.05) is 12.1 Å². The minimum atomic E-state index is 0.622. The fourth-order valence-electron chi connectivity index (χ4n) is 2.64. The van der Waals surface area contributed by atoms with E-state index in [0.717, 1.165) is 5.56 Å². The van der Waals surface area contributed by atoms with Crippen molar-refractivity contribution in [2.24, 2.45) is 10.7 Å². The molecule has 0 radical (unpaired) electrons. The lowest BCUT2D eigenvalue weighted by atomic mass is 10.1. The summed E-state index contributed by atoms with van der Waals surface area (Å²) >= 11 is 0. The van der Waals surface area contributed by atoms with E-state index >= 15 is 0 Å². The van der Waals surface area contributed by atoms with Crippen LogP contribution in [-0.4, -0.2) is 18.5 Å². The summed E-state index contributed by atoms with van der Waals surface area (Å²) in [7, 11) is 0. The normalized spacial score (nSPS) is 18.3. The number of amidine groups is 1. The number of aliphatic imine (C=N–C) groups is 1. The van der Waals surface area contributed by atoms with Crippen molar-refractivity contribution in [3.63, 3.8) is 0 Å². The molecule has 104 valence electrons. The molecule has 0 aromatic heterocycles. The Kier molecular flexibility index (Phi) is 5.40. The van der Waals surface area contributed by atoms with Gasteiger partial charge in [0, 0.05) is 11.6 Å². The van der Waals surface area contributed by atoms with Crippen LogP contribution in [-0.2, 0) is 0 Å². The van der Waals surface area contributed by atoms with Gasteiger partial charge in [0.15, 0.2) is 0 Å². The number of nitrogens with one attached hydrogen (secondary N) is 1. The van der Waals surface area contributed by atoms with Crippen molar-refractivity contribution in [2.45, 2.75) is 51.5 Å². The summed E-state index contributed by atoms with van der Waals surface area (Å²) in [5, 5.41) is 3.51. The van der Waals surface area contributed by atoms with Crippen LogP contribution in [0, 0.1) is 6.92 Å². The van der Waals surface area contributed by atoms with Crippen LogP contribution >= 0.6 is 0 Å². The summed E-state index contributed by atoms with van der Waals surface area (Å²) in [4.78, 5) is 4.44. The predicted octanol–water partition coefficient (Wildman–Crippen LogP) is 2.97. The largest absolute Gasteiger partial charge is 0.383 e. The van der Waals surface area contributed by atoms with Gasteiger partial charge in [-0.05, 0) is 25.8 Å². The molecule has 3 N–H and O–H groups in total. The maximum absolute atomic E-state index is 6.02. The van der Waals surface area contributed by atoms with Gasteiger partial charge in [0.1, 0.15) is 5.84 Å². The Balaban J connectivity index is 1.84. The SMILES string of the molecule is Cc1cccc(C(N)=NCNC2CCCCCC2)c1. The van der Waals surface area contributed by atoms with Crippen LogP contribution in [0.1, 0.15) is 49.7 Å². The highest BCUT2D eigenvalue weighted by molar-refractivity contribution is 5.97. The van der Waals surface area contributed by atoms with Gasteiger partial charge in [-0.1, -0.05) is 49.4 Å². The first-order valence-corrected chi connectivity index (χ1v) is 7.36. The Morgan fingerprint density at radius 2 is 2.00 bits per heavy atom. The number of aryl methyl sites for hydroxylation is 1. The zero-order chi connectivity index (χ0) is 13.5. The monoisotopic (exact) mass is 259 g/mol. The van der Waals surface area contributed by atoms with Crippen LogP contribution in [0.25, 0.3) is 0 Å². The van der Waals surface area contributed by atoms with Gasteiger partial charge in [-0.15, -0.1) is 0 Å². The number of nitrogens with two attached hydrogens (primary N) is 1. The van der Waals surface area contributed by atoms with Crippen LogP contribution < -0.4 is 11.1 Å². The molecule has 3 nitrogen and oxygen atoms in total. The summed E-state index contributed by atoms with van der Waals surface area (Å²) < 4.78 is 0. The van der Waals surface area contributed by atoms with Crippen molar-refractivity contribution in [2.75, 3.05) is 6.67 Å². The van der Waals surface area contributed by atoms with Gasteiger partial charge in [-0.25, -0.2) is 0 Å². The van der Waals surface area contributed by atoms with Crippen molar-refractivity contribution in [1.29, 1.82) is 0 Å². The van der Waals surface area contributed by atoms with Gasteiger partial charge < -0.3 is 5.73 Å². The highest BCUT2D eigenvalue weighted by Gasteiger charge is 2.10. The van der Waals surface area contributed by atoms with Crippen molar-refractivity contribution in [3.8, 4) is 0 Å². The molecule has 0 unspecified atom stereocenters. The molecule has 1 aromatic rings. The molecule has 0 saturated heterocycles. The maximum atomic E-state index is 6.02. The van der Waals surface area contributed by atoms with E-state index in [0.29, 0.717) is 18.5 Å². The van der Waals surface area contributed by atoms with Gasteiger partial charge in [0.25, 0.3) is 0 Å². The smallest absolute Gasteiger partial charge is 0.127 e. The quantitative estimate of drug-likeness (QED) is 0.496. The minimum Gasteiger partial charge on any atom is -0.383 e. The van der Waals surface area contributed by atoms with E-state index in [9.17, 15) is 0 Å². The molecule has 0 spiro atoms. The highest BCUT2D eigenvalue weighted by Crippen LogP contribution is 2.16. The fourth-order valence-corrected chi connectivity index (χ4v) is 2.64. The molecule has 0 amide bonds. The summed E-state index contributed by atoms with van der Waals surface area (Å²) in [6, 6.07) is 8.80. The van der Waals surface area contributed by atoms with Crippen molar-refractivity contribution >= 4 is 5.84 Å². The van der Waals surface area contributed by atoms with Crippen molar-refractivity contribution < 1.29 is 0 Å². The Bertz CT molecular complexity index is 418. The van der Waals surface area contributed by atoms with E-state index < -0.39 is 0 Å². The average Bonchev–Trinajstić information content (AvgIpc) is 2.67. The third-order valence-electron chi connectivity index (χ3n) is 3.80. The maximum Gasteiger partial charge on any atom is 0.127 e. The van der Waals surface area contributed by atoms with Crippen LogP contribution in [0.4, 0.5) is 0 Å². The zero-order valence-corrected chi connectivity index (χ0v) is 11.9. The Morgan fingerprint density at radius 1 is 1.26 bits per heavy atom. The molecule has 1 aromatic carbocycles. The molecule has 0 aliphatic heterocycles. The first-order valence-electron chi connectivity index (χ1n) is 7.36. The van der Waals surface area contributed by atoms with Crippen LogP contribution in [0.3, 0.4) is 0 Å².